The van der Waals surface area contributed by atoms with Crippen LogP contribution in [0.3, 0.4) is 0 Å². The summed E-state index contributed by atoms with van der Waals surface area (Å²) in [5.41, 5.74) is 1.29. The number of methoxy groups -OCH3 is 1. The molecule has 20 heavy (non-hydrogen) atoms. The van der Waals surface area contributed by atoms with Crippen LogP contribution < -0.4 is 4.74 Å². The zero-order valence-electron chi connectivity index (χ0n) is 11.0. The molecule has 0 saturated carbocycles. The quantitative estimate of drug-likeness (QED) is 0.826. The molecule has 0 aliphatic heterocycles. The van der Waals surface area contributed by atoms with E-state index in [0.717, 1.165) is 5.56 Å². The van der Waals surface area contributed by atoms with Gasteiger partial charge in [-0.1, -0.05) is 34.1 Å². The highest BCUT2D eigenvalue weighted by molar-refractivity contribution is 9.10. The number of hydrogen-bond donors (Lipinski definition) is 0. The smallest absolute Gasteiger partial charge is 0.141 e. The summed E-state index contributed by atoms with van der Waals surface area (Å²) in [5.74, 6) is 0.322. The van der Waals surface area contributed by atoms with E-state index >= 15 is 0 Å². The van der Waals surface area contributed by atoms with Crippen molar-refractivity contribution in [3.05, 3.63) is 63.9 Å². The van der Waals surface area contributed by atoms with Gasteiger partial charge in [-0.15, -0.1) is 0 Å². The maximum atomic E-state index is 13.7. The summed E-state index contributed by atoms with van der Waals surface area (Å²) < 4.78 is 19.4. The molecule has 0 fully saturated rings. The van der Waals surface area contributed by atoms with Crippen molar-refractivity contribution in [1.82, 2.24) is 0 Å². The first-order valence-electron chi connectivity index (χ1n) is 6.17. The fourth-order valence-corrected chi connectivity index (χ4v) is 2.28. The Balaban J connectivity index is 2.05. The monoisotopic (exact) mass is 336 g/mol. The maximum Gasteiger partial charge on any atom is 0.141 e. The van der Waals surface area contributed by atoms with Gasteiger partial charge < -0.3 is 4.74 Å². The molecule has 2 aromatic rings. The van der Waals surface area contributed by atoms with Crippen molar-refractivity contribution >= 4 is 21.7 Å². The largest absolute Gasteiger partial charge is 0.497 e. The lowest BCUT2D eigenvalue weighted by Gasteiger charge is -2.05. The van der Waals surface area contributed by atoms with Crippen LogP contribution in [0.25, 0.3) is 0 Å². The molecule has 0 unspecified atom stereocenters. The molecular formula is C16H14BrFO2. The average molecular weight is 337 g/mol. The van der Waals surface area contributed by atoms with Crippen LogP contribution in [-0.4, -0.2) is 12.9 Å². The van der Waals surface area contributed by atoms with Crippen molar-refractivity contribution in [3.8, 4) is 5.75 Å². The first-order valence-corrected chi connectivity index (χ1v) is 6.96. The summed E-state index contributed by atoms with van der Waals surface area (Å²) in [6.45, 7) is 0. The molecule has 0 atom stereocenters. The van der Waals surface area contributed by atoms with Crippen LogP contribution in [0.15, 0.2) is 46.9 Å². The standard InChI is InChI=1S/C16H14BrFO2/c1-20-15-4-2-3-11(8-15)7-14(19)9-12-5-6-13(17)10-16(12)18/h2-6,8,10H,7,9H2,1H3. The van der Waals surface area contributed by atoms with Gasteiger partial charge in [0, 0.05) is 17.3 Å². The summed E-state index contributed by atoms with van der Waals surface area (Å²) in [5, 5.41) is 0. The van der Waals surface area contributed by atoms with Crippen LogP contribution >= 0.6 is 15.9 Å². The van der Waals surface area contributed by atoms with Gasteiger partial charge in [-0.05, 0) is 35.4 Å². The Morgan fingerprint density at radius 2 is 2.00 bits per heavy atom. The van der Waals surface area contributed by atoms with Gasteiger partial charge >= 0.3 is 0 Å². The number of hydrogen-bond acceptors (Lipinski definition) is 2. The Morgan fingerprint density at radius 3 is 2.70 bits per heavy atom. The Hall–Kier alpha value is -1.68. The van der Waals surface area contributed by atoms with E-state index in [2.05, 4.69) is 15.9 Å². The van der Waals surface area contributed by atoms with Gasteiger partial charge in [0.15, 0.2) is 0 Å². The van der Waals surface area contributed by atoms with Crippen LogP contribution in [0.4, 0.5) is 4.39 Å². The minimum Gasteiger partial charge on any atom is -0.497 e. The van der Waals surface area contributed by atoms with Crippen molar-refractivity contribution in [2.24, 2.45) is 0 Å². The third kappa shape index (κ3) is 3.90. The molecule has 104 valence electrons. The average Bonchev–Trinajstić information content (AvgIpc) is 2.42. The van der Waals surface area contributed by atoms with Crippen LogP contribution in [0.1, 0.15) is 11.1 Å². The molecule has 0 saturated heterocycles. The van der Waals surface area contributed by atoms with Crippen molar-refractivity contribution in [3.63, 3.8) is 0 Å². The maximum absolute atomic E-state index is 13.7. The van der Waals surface area contributed by atoms with Crippen molar-refractivity contribution in [2.45, 2.75) is 12.8 Å². The molecular weight excluding hydrogens is 323 g/mol. The number of carbonyl (C=O) groups excluding carboxylic acids is 1. The summed E-state index contributed by atoms with van der Waals surface area (Å²) in [7, 11) is 1.58. The molecule has 0 aliphatic rings. The van der Waals surface area contributed by atoms with E-state index in [0.29, 0.717) is 15.8 Å². The van der Waals surface area contributed by atoms with E-state index in [4.69, 9.17) is 4.74 Å². The van der Waals surface area contributed by atoms with Gasteiger partial charge in [0.25, 0.3) is 0 Å². The summed E-state index contributed by atoms with van der Waals surface area (Å²) >= 11 is 3.19. The molecule has 0 radical (unpaired) electrons. The van der Waals surface area contributed by atoms with Gasteiger partial charge in [-0.25, -0.2) is 4.39 Å². The molecule has 0 aromatic heterocycles. The molecule has 4 heteroatoms. The zero-order chi connectivity index (χ0) is 14.5. The molecule has 0 amide bonds. The summed E-state index contributed by atoms with van der Waals surface area (Å²) in [6, 6.07) is 12.1. The number of ether oxygens (including phenoxy) is 1. The van der Waals surface area contributed by atoms with E-state index in [9.17, 15) is 9.18 Å². The SMILES string of the molecule is COc1cccc(CC(=O)Cc2ccc(Br)cc2F)c1. The molecule has 0 spiro atoms. The van der Waals surface area contributed by atoms with Crippen LogP contribution in [0.5, 0.6) is 5.75 Å². The van der Waals surface area contributed by atoms with E-state index < -0.39 is 0 Å². The van der Waals surface area contributed by atoms with E-state index in [-0.39, 0.29) is 24.4 Å². The lowest BCUT2D eigenvalue weighted by atomic mass is 10.0. The molecule has 2 aromatic carbocycles. The molecule has 2 rings (SSSR count). The third-order valence-electron chi connectivity index (χ3n) is 2.94. The zero-order valence-corrected chi connectivity index (χ0v) is 12.6. The van der Waals surface area contributed by atoms with Gasteiger partial charge in [0.1, 0.15) is 17.3 Å². The normalized spacial score (nSPS) is 10.3. The minimum atomic E-state index is -0.363. The summed E-state index contributed by atoms with van der Waals surface area (Å²) in [4.78, 5) is 12.0. The van der Waals surface area contributed by atoms with Gasteiger partial charge in [0.05, 0.1) is 7.11 Å². The minimum absolute atomic E-state index is 0.0283. The Bertz CT molecular complexity index is 626. The Labute approximate surface area is 125 Å². The number of carbonyl (C=O) groups is 1. The summed E-state index contributed by atoms with van der Waals surface area (Å²) in [6.07, 6.45) is 0.364. The molecule has 2 nitrogen and oxygen atoms in total. The number of benzene rings is 2. The number of rotatable bonds is 5. The second-order valence-electron chi connectivity index (χ2n) is 4.48. The highest BCUT2D eigenvalue weighted by Gasteiger charge is 2.10. The molecule has 0 heterocycles. The lowest BCUT2D eigenvalue weighted by Crippen LogP contribution is -2.08. The molecule has 0 aliphatic carbocycles. The predicted molar refractivity (Wildman–Crippen MR) is 79.5 cm³/mol. The molecule has 0 N–H and O–H groups in total. The van der Waals surface area contributed by atoms with Crippen molar-refractivity contribution in [2.75, 3.05) is 7.11 Å². The van der Waals surface area contributed by atoms with Gasteiger partial charge in [-0.3, -0.25) is 4.79 Å². The van der Waals surface area contributed by atoms with E-state index in [1.807, 2.05) is 24.3 Å². The van der Waals surface area contributed by atoms with Crippen molar-refractivity contribution in [1.29, 1.82) is 0 Å². The van der Waals surface area contributed by atoms with E-state index in [1.54, 1.807) is 19.2 Å². The highest BCUT2D eigenvalue weighted by atomic mass is 79.9. The first-order chi connectivity index (χ1) is 9.58. The highest BCUT2D eigenvalue weighted by Crippen LogP contribution is 2.17. The van der Waals surface area contributed by atoms with E-state index in [1.165, 1.54) is 6.07 Å². The number of ketones is 1. The second kappa shape index (κ2) is 6.66. The van der Waals surface area contributed by atoms with Gasteiger partial charge in [0.2, 0.25) is 0 Å². The van der Waals surface area contributed by atoms with Gasteiger partial charge in [-0.2, -0.15) is 0 Å². The predicted octanol–water partition coefficient (Wildman–Crippen LogP) is 3.95. The van der Waals surface area contributed by atoms with Crippen molar-refractivity contribution < 1.29 is 13.9 Å². The third-order valence-corrected chi connectivity index (χ3v) is 3.43. The fraction of sp³-hybridized carbons (Fsp3) is 0.188. The molecule has 0 bridgehead atoms. The topological polar surface area (TPSA) is 26.3 Å². The second-order valence-corrected chi connectivity index (χ2v) is 5.40. The number of halogens is 2. The lowest BCUT2D eigenvalue weighted by molar-refractivity contribution is -0.117. The van der Waals surface area contributed by atoms with Crippen LogP contribution in [0, 0.1) is 5.82 Å². The Kier molecular flexibility index (Phi) is 4.90. The fourth-order valence-electron chi connectivity index (χ4n) is 1.95. The first kappa shape index (κ1) is 14.7. The number of Topliss-reactive ketones (excluding diaryl/α,β-unsaturated/α-hetero) is 1. The van der Waals surface area contributed by atoms with Crippen LogP contribution in [-0.2, 0) is 17.6 Å². The van der Waals surface area contributed by atoms with Crippen LogP contribution in [0.2, 0.25) is 0 Å². The Morgan fingerprint density at radius 1 is 1.20 bits per heavy atom.